The fourth-order valence-electron chi connectivity index (χ4n) is 3.28. The molecule has 8 nitrogen and oxygen atoms in total. The molecule has 0 aliphatic carbocycles. The van der Waals surface area contributed by atoms with E-state index in [1.165, 1.54) is 0 Å². The van der Waals surface area contributed by atoms with Crippen molar-refractivity contribution >= 4 is 23.6 Å². The summed E-state index contributed by atoms with van der Waals surface area (Å²) < 4.78 is 5.18. The van der Waals surface area contributed by atoms with Crippen molar-refractivity contribution < 1.29 is 9.53 Å². The fourth-order valence-corrected chi connectivity index (χ4v) is 3.28. The summed E-state index contributed by atoms with van der Waals surface area (Å²) in [5.74, 6) is 0.933. The molecule has 144 valence electrons. The normalized spacial score (nSPS) is 18.7. The molecule has 3 N–H and O–H groups in total. The van der Waals surface area contributed by atoms with E-state index >= 15 is 0 Å². The van der Waals surface area contributed by atoms with E-state index in [1.54, 1.807) is 0 Å². The zero-order valence-corrected chi connectivity index (χ0v) is 15.8. The van der Waals surface area contributed by atoms with Crippen LogP contribution in [-0.4, -0.2) is 45.5 Å². The molecular weight excluding hydrogens is 344 g/mol. The van der Waals surface area contributed by atoms with Gasteiger partial charge in [-0.1, -0.05) is 18.2 Å². The molecule has 1 aliphatic rings. The van der Waals surface area contributed by atoms with Gasteiger partial charge in [0.1, 0.15) is 0 Å². The number of para-hydroxylation sites is 1. The lowest BCUT2D eigenvalue weighted by atomic mass is 9.97. The molecule has 0 radical (unpaired) electrons. The van der Waals surface area contributed by atoms with E-state index in [1.807, 2.05) is 44.2 Å². The molecule has 2 unspecified atom stereocenters. The third kappa shape index (κ3) is 4.91. The number of hydrogen-bond donors (Lipinski definition) is 2. The average Bonchev–Trinajstić information content (AvgIpc) is 2.68. The summed E-state index contributed by atoms with van der Waals surface area (Å²) in [6.45, 7) is 5.77. The molecule has 1 fully saturated rings. The number of carbonyl (C=O) groups excluding carboxylic acids is 1. The maximum absolute atomic E-state index is 12.1. The number of likely N-dealkylation sites (tertiary alicyclic amines) is 1. The summed E-state index contributed by atoms with van der Waals surface area (Å²) in [6, 6.07) is 9.58. The Hall–Kier alpha value is -2.74. The van der Waals surface area contributed by atoms with Crippen LogP contribution in [0.25, 0.3) is 0 Å². The van der Waals surface area contributed by atoms with Crippen LogP contribution in [0.2, 0.25) is 0 Å². The van der Waals surface area contributed by atoms with Gasteiger partial charge < -0.3 is 15.8 Å². The van der Waals surface area contributed by atoms with Crippen molar-refractivity contribution in [1.29, 1.82) is 0 Å². The van der Waals surface area contributed by atoms with E-state index in [2.05, 4.69) is 25.2 Å². The van der Waals surface area contributed by atoms with Gasteiger partial charge in [-0.05, 0) is 45.4 Å². The van der Waals surface area contributed by atoms with Crippen molar-refractivity contribution in [2.45, 2.75) is 32.7 Å². The van der Waals surface area contributed by atoms with Gasteiger partial charge in [-0.15, -0.1) is 0 Å². The summed E-state index contributed by atoms with van der Waals surface area (Å²) in [7, 11) is 0. The zero-order chi connectivity index (χ0) is 19.2. The zero-order valence-electron chi connectivity index (χ0n) is 15.8. The number of piperidine rings is 1. The number of nitrogens with one attached hydrogen (secondary N) is 1. The lowest BCUT2D eigenvalue weighted by Gasteiger charge is -2.35. The van der Waals surface area contributed by atoms with E-state index in [9.17, 15) is 4.79 Å². The second kappa shape index (κ2) is 8.77. The molecule has 8 heteroatoms. The molecule has 0 saturated carbocycles. The van der Waals surface area contributed by atoms with Crippen molar-refractivity contribution in [3.8, 4) is 0 Å². The van der Waals surface area contributed by atoms with Gasteiger partial charge in [-0.3, -0.25) is 9.69 Å². The van der Waals surface area contributed by atoms with E-state index in [0.29, 0.717) is 24.9 Å². The van der Waals surface area contributed by atoms with Gasteiger partial charge in [0.2, 0.25) is 11.9 Å². The SMILES string of the molecule is CCOC(=O)C1CCCN(C(C)c2nc(N)nc(Nc3ccccc3)n2)C1. The lowest BCUT2D eigenvalue weighted by molar-refractivity contribution is -0.150. The number of aromatic nitrogens is 3. The van der Waals surface area contributed by atoms with E-state index in [0.717, 1.165) is 25.1 Å². The number of benzene rings is 1. The van der Waals surface area contributed by atoms with Crippen LogP contribution in [0.3, 0.4) is 0 Å². The van der Waals surface area contributed by atoms with Gasteiger partial charge in [-0.2, -0.15) is 15.0 Å². The number of ether oxygens (including phenoxy) is 1. The van der Waals surface area contributed by atoms with Crippen molar-refractivity contribution in [3.63, 3.8) is 0 Å². The highest BCUT2D eigenvalue weighted by Crippen LogP contribution is 2.26. The van der Waals surface area contributed by atoms with Crippen molar-refractivity contribution in [2.24, 2.45) is 5.92 Å². The van der Waals surface area contributed by atoms with Crippen LogP contribution in [0.5, 0.6) is 0 Å². The highest BCUT2D eigenvalue weighted by Gasteiger charge is 2.30. The van der Waals surface area contributed by atoms with E-state index in [-0.39, 0.29) is 23.9 Å². The molecule has 1 saturated heterocycles. The molecule has 1 aromatic heterocycles. The minimum atomic E-state index is -0.129. The summed E-state index contributed by atoms with van der Waals surface area (Å²) in [6.07, 6.45) is 1.78. The minimum Gasteiger partial charge on any atom is -0.466 e. The molecule has 0 spiro atoms. The average molecular weight is 370 g/mol. The lowest BCUT2D eigenvalue weighted by Crippen LogP contribution is -2.41. The molecule has 0 bridgehead atoms. The first kappa shape index (κ1) is 19.0. The predicted octanol–water partition coefficient (Wildman–Crippen LogP) is 2.53. The topological polar surface area (TPSA) is 106 Å². The number of carbonyl (C=O) groups is 1. The Kier molecular flexibility index (Phi) is 6.18. The first-order valence-electron chi connectivity index (χ1n) is 9.31. The standard InChI is InChI=1S/C19H26N6O2/c1-3-27-17(26)14-8-7-11-25(12-14)13(2)16-22-18(20)24-19(23-16)21-15-9-5-4-6-10-15/h4-6,9-10,13-14H,3,7-8,11-12H2,1-2H3,(H3,20,21,22,23,24). The highest BCUT2D eigenvalue weighted by atomic mass is 16.5. The van der Waals surface area contributed by atoms with Crippen LogP contribution in [0.1, 0.15) is 38.6 Å². The Balaban J connectivity index is 1.74. The van der Waals surface area contributed by atoms with Gasteiger partial charge >= 0.3 is 5.97 Å². The van der Waals surface area contributed by atoms with Gasteiger partial charge in [0.15, 0.2) is 5.82 Å². The van der Waals surface area contributed by atoms with Crippen LogP contribution >= 0.6 is 0 Å². The Bertz CT molecular complexity index is 770. The second-order valence-electron chi connectivity index (χ2n) is 6.63. The second-order valence-corrected chi connectivity index (χ2v) is 6.63. The van der Waals surface area contributed by atoms with Crippen LogP contribution in [0.15, 0.2) is 30.3 Å². The molecule has 1 aliphatic heterocycles. The quantitative estimate of drug-likeness (QED) is 0.747. The Labute approximate surface area is 159 Å². The maximum Gasteiger partial charge on any atom is 0.310 e. The third-order valence-corrected chi connectivity index (χ3v) is 4.69. The van der Waals surface area contributed by atoms with Crippen LogP contribution < -0.4 is 11.1 Å². The Morgan fingerprint density at radius 1 is 1.33 bits per heavy atom. The number of anilines is 3. The van der Waals surface area contributed by atoms with E-state index < -0.39 is 0 Å². The number of nitrogens with two attached hydrogens (primary N) is 1. The molecule has 0 amide bonds. The molecule has 2 atom stereocenters. The molecule has 3 rings (SSSR count). The minimum absolute atomic E-state index is 0.0798. The predicted molar refractivity (Wildman–Crippen MR) is 103 cm³/mol. The fraction of sp³-hybridized carbons (Fsp3) is 0.474. The van der Waals surface area contributed by atoms with Gasteiger partial charge in [0.25, 0.3) is 0 Å². The summed E-state index contributed by atoms with van der Waals surface area (Å²) in [5, 5.41) is 3.15. The smallest absolute Gasteiger partial charge is 0.310 e. The highest BCUT2D eigenvalue weighted by molar-refractivity contribution is 5.72. The number of hydrogen-bond acceptors (Lipinski definition) is 8. The summed E-state index contributed by atoms with van der Waals surface area (Å²) in [5.41, 5.74) is 6.78. The monoisotopic (exact) mass is 370 g/mol. The first-order valence-corrected chi connectivity index (χ1v) is 9.31. The van der Waals surface area contributed by atoms with Crippen molar-refractivity contribution in [1.82, 2.24) is 19.9 Å². The molecule has 1 aromatic carbocycles. The number of rotatable bonds is 6. The Morgan fingerprint density at radius 2 is 2.11 bits per heavy atom. The van der Waals surface area contributed by atoms with Gasteiger partial charge in [0, 0.05) is 12.2 Å². The molecular formula is C19H26N6O2. The summed E-state index contributed by atoms with van der Waals surface area (Å²) >= 11 is 0. The van der Waals surface area contributed by atoms with Crippen molar-refractivity contribution in [3.05, 3.63) is 36.2 Å². The maximum atomic E-state index is 12.1. The number of nitrogen functional groups attached to an aromatic ring is 1. The van der Waals surface area contributed by atoms with Crippen LogP contribution in [0, 0.1) is 5.92 Å². The van der Waals surface area contributed by atoms with E-state index in [4.69, 9.17) is 10.5 Å². The third-order valence-electron chi connectivity index (χ3n) is 4.69. The molecule has 27 heavy (non-hydrogen) atoms. The van der Waals surface area contributed by atoms with Crippen LogP contribution in [-0.2, 0) is 9.53 Å². The van der Waals surface area contributed by atoms with Gasteiger partial charge in [0.05, 0.1) is 18.6 Å². The molecule has 2 heterocycles. The van der Waals surface area contributed by atoms with Gasteiger partial charge in [-0.25, -0.2) is 0 Å². The van der Waals surface area contributed by atoms with Crippen LogP contribution in [0.4, 0.5) is 17.6 Å². The number of nitrogens with zero attached hydrogens (tertiary/aromatic N) is 4. The summed E-state index contributed by atoms with van der Waals surface area (Å²) in [4.78, 5) is 27.3. The van der Waals surface area contributed by atoms with Crippen molar-refractivity contribution in [2.75, 3.05) is 30.7 Å². The first-order chi connectivity index (χ1) is 13.1. The number of esters is 1. The molecule has 2 aromatic rings. The largest absolute Gasteiger partial charge is 0.466 e. The Morgan fingerprint density at radius 3 is 2.85 bits per heavy atom.